The van der Waals surface area contributed by atoms with Crippen LogP contribution in [0.15, 0.2) is 18.3 Å². The number of hydrogen-bond acceptors (Lipinski definition) is 5. The minimum Gasteiger partial charge on any atom is -0.372 e. The molecule has 2 aliphatic heterocycles. The van der Waals surface area contributed by atoms with Gasteiger partial charge in [-0.05, 0) is 52.7 Å². The lowest BCUT2D eigenvalue weighted by atomic mass is 9.94. The lowest BCUT2D eigenvalue weighted by Gasteiger charge is -2.39. The van der Waals surface area contributed by atoms with Gasteiger partial charge in [-0.3, -0.25) is 9.59 Å². The summed E-state index contributed by atoms with van der Waals surface area (Å²) in [6.45, 7) is 12.5. The lowest BCUT2D eigenvalue weighted by molar-refractivity contribution is -0.148. The highest BCUT2D eigenvalue weighted by atomic mass is 16.5. The molecule has 1 aromatic rings. The van der Waals surface area contributed by atoms with Crippen molar-refractivity contribution in [1.82, 2.24) is 14.8 Å². The van der Waals surface area contributed by atoms with Gasteiger partial charge in [0.15, 0.2) is 0 Å². The number of amides is 2. The average Bonchev–Trinajstić information content (AvgIpc) is 2.73. The summed E-state index contributed by atoms with van der Waals surface area (Å²) in [4.78, 5) is 36.1. The normalized spacial score (nSPS) is 23.2. The molecule has 0 N–H and O–H groups in total. The number of aromatic nitrogens is 1. The van der Waals surface area contributed by atoms with Crippen molar-refractivity contribution in [3.05, 3.63) is 23.9 Å². The van der Waals surface area contributed by atoms with E-state index in [1.165, 1.54) is 0 Å². The van der Waals surface area contributed by atoms with Gasteiger partial charge >= 0.3 is 0 Å². The molecule has 2 aliphatic rings. The van der Waals surface area contributed by atoms with Crippen LogP contribution in [-0.2, 0) is 9.53 Å². The van der Waals surface area contributed by atoms with Crippen molar-refractivity contribution in [2.24, 2.45) is 5.92 Å². The molecule has 0 saturated carbocycles. The average molecular weight is 403 g/mol. The number of hydrogen-bond donors (Lipinski definition) is 0. The Hall–Kier alpha value is -2.15. The van der Waals surface area contributed by atoms with Gasteiger partial charge in [0.25, 0.3) is 5.91 Å². The molecule has 0 aliphatic carbocycles. The summed E-state index contributed by atoms with van der Waals surface area (Å²) in [5, 5.41) is 0. The number of pyridine rings is 1. The molecule has 3 rings (SSSR count). The van der Waals surface area contributed by atoms with Crippen molar-refractivity contribution in [2.75, 3.05) is 44.2 Å². The molecule has 2 atom stereocenters. The van der Waals surface area contributed by atoms with E-state index >= 15 is 0 Å². The number of ether oxygens (including phenoxy) is 1. The first kappa shape index (κ1) is 21.6. The van der Waals surface area contributed by atoms with Gasteiger partial charge in [-0.15, -0.1) is 0 Å². The Bertz CT molecular complexity index is 687. The molecule has 7 heteroatoms. The van der Waals surface area contributed by atoms with Crippen LogP contribution < -0.4 is 4.90 Å². The molecule has 2 amide bonds. The number of rotatable bonds is 5. The van der Waals surface area contributed by atoms with Gasteiger partial charge in [0.1, 0.15) is 5.82 Å². The summed E-state index contributed by atoms with van der Waals surface area (Å²) in [7, 11) is 0. The molecule has 29 heavy (non-hydrogen) atoms. The number of carbonyl (C=O) groups excluding carboxylic acids is 2. The fourth-order valence-electron chi connectivity index (χ4n) is 4.38. The third-order valence-corrected chi connectivity index (χ3v) is 5.94. The number of nitrogens with zero attached hydrogens (tertiary/aromatic N) is 4. The Labute approximate surface area is 174 Å². The standard InChI is InChI=1S/C22H34N4O3/c1-5-24(6-2)20-8-7-19(13-23-20)22(28)25-11-9-18(10-12-25)21(27)26-14-16(3)29-17(4)15-26/h7-8,13,16-18H,5-6,9-12,14-15H2,1-4H3. The summed E-state index contributed by atoms with van der Waals surface area (Å²) in [6.07, 6.45) is 3.27. The molecule has 1 aromatic heterocycles. The smallest absolute Gasteiger partial charge is 0.255 e. The SMILES string of the molecule is CCN(CC)c1ccc(C(=O)N2CCC(C(=O)N3CC(C)OC(C)C3)CC2)cn1. The van der Waals surface area contributed by atoms with Gasteiger partial charge < -0.3 is 19.4 Å². The Morgan fingerprint density at radius 1 is 1.07 bits per heavy atom. The second kappa shape index (κ2) is 9.57. The first-order valence-electron chi connectivity index (χ1n) is 10.9. The molecule has 3 heterocycles. The predicted octanol–water partition coefficient (Wildman–Crippen LogP) is 2.42. The number of likely N-dealkylation sites (tertiary alicyclic amines) is 1. The predicted molar refractivity (Wildman–Crippen MR) is 113 cm³/mol. The van der Waals surface area contributed by atoms with E-state index in [4.69, 9.17) is 4.74 Å². The van der Waals surface area contributed by atoms with Crippen molar-refractivity contribution >= 4 is 17.6 Å². The summed E-state index contributed by atoms with van der Waals surface area (Å²) < 4.78 is 5.73. The number of carbonyl (C=O) groups is 2. The second-order valence-corrected chi connectivity index (χ2v) is 8.14. The number of anilines is 1. The Morgan fingerprint density at radius 2 is 1.69 bits per heavy atom. The Kier molecular flexibility index (Phi) is 7.11. The highest BCUT2D eigenvalue weighted by Crippen LogP contribution is 2.23. The minimum atomic E-state index is -0.000261. The minimum absolute atomic E-state index is 0.000261. The van der Waals surface area contributed by atoms with E-state index in [9.17, 15) is 9.59 Å². The number of morpholine rings is 1. The fourth-order valence-corrected chi connectivity index (χ4v) is 4.38. The Balaban J connectivity index is 1.55. The molecule has 0 bridgehead atoms. The highest BCUT2D eigenvalue weighted by molar-refractivity contribution is 5.94. The van der Waals surface area contributed by atoms with Crippen LogP contribution in [0.5, 0.6) is 0 Å². The van der Waals surface area contributed by atoms with Crippen molar-refractivity contribution in [3.8, 4) is 0 Å². The quantitative estimate of drug-likeness (QED) is 0.757. The molecule has 2 saturated heterocycles. The zero-order valence-electron chi connectivity index (χ0n) is 18.1. The summed E-state index contributed by atoms with van der Waals surface area (Å²) in [5.41, 5.74) is 0.613. The van der Waals surface area contributed by atoms with Crippen LogP contribution in [0.1, 0.15) is 50.9 Å². The van der Waals surface area contributed by atoms with E-state index in [-0.39, 0.29) is 29.9 Å². The third-order valence-electron chi connectivity index (χ3n) is 5.94. The summed E-state index contributed by atoms with van der Waals surface area (Å²) in [5.74, 6) is 1.11. The van der Waals surface area contributed by atoms with Crippen molar-refractivity contribution in [1.29, 1.82) is 0 Å². The maximum atomic E-state index is 12.9. The molecular weight excluding hydrogens is 368 g/mol. The van der Waals surface area contributed by atoms with E-state index in [2.05, 4.69) is 23.7 Å². The van der Waals surface area contributed by atoms with Crippen LogP contribution >= 0.6 is 0 Å². The van der Waals surface area contributed by atoms with Gasteiger partial charge in [-0.25, -0.2) is 4.98 Å². The molecule has 0 aromatic carbocycles. The van der Waals surface area contributed by atoms with Crippen LogP contribution in [-0.4, -0.2) is 78.1 Å². The highest BCUT2D eigenvalue weighted by Gasteiger charge is 2.33. The molecule has 160 valence electrons. The van der Waals surface area contributed by atoms with E-state index in [1.54, 1.807) is 6.20 Å². The molecule has 0 radical (unpaired) electrons. The molecular formula is C22H34N4O3. The van der Waals surface area contributed by atoms with Crippen LogP contribution in [0.3, 0.4) is 0 Å². The van der Waals surface area contributed by atoms with E-state index < -0.39 is 0 Å². The van der Waals surface area contributed by atoms with Crippen LogP contribution in [0.4, 0.5) is 5.82 Å². The lowest BCUT2D eigenvalue weighted by Crippen LogP contribution is -2.51. The first-order valence-corrected chi connectivity index (χ1v) is 10.9. The van der Waals surface area contributed by atoms with Gasteiger partial charge in [-0.2, -0.15) is 0 Å². The Morgan fingerprint density at radius 3 is 2.21 bits per heavy atom. The van der Waals surface area contributed by atoms with Gasteiger partial charge in [0, 0.05) is 51.4 Å². The zero-order valence-corrected chi connectivity index (χ0v) is 18.1. The van der Waals surface area contributed by atoms with E-state index in [0.29, 0.717) is 31.7 Å². The molecule has 2 unspecified atom stereocenters. The van der Waals surface area contributed by atoms with Gasteiger partial charge in [0.05, 0.1) is 17.8 Å². The molecule has 2 fully saturated rings. The summed E-state index contributed by atoms with van der Waals surface area (Å²) >= 11 is 0. The van der Waals surface area contributed by atoms with Crippen LogP contribution in [0.25, 0.3) is 0 Å². The molecule has 0 spiro atoms. The second-order valence-electron chi connectivity index (χ2n) is 8.14. The van der Waals surface area contributed by atoms with Crippen molar-refractivity contribution in [2.45, 2.75) is 52.7 Å². The maximum Gasteiger partial charge on any atom is 0.255 e. The fraction of sp³-hybridized carbons (Fsp3) is 0.682. The van der Waals surface area contributed by atoms with Crippen molar-refractivity contribution in [3.63, 3.8) is 0 Å². The third kappa shape index (κ3) is 5.07. The van der Waals surface area contributed by atoms with Gasteiger partial charge in [-0.1, -0.05) is 0 Å². The summed E-state index contributed by atoms with van der Waals surface area (Å²) in [6, 6.07) is 3.77. The van der Waals surface area contributed by atoms with E-state index in [0.717, 1.165) is 31.7 Å². The topological polar surface area (TPSA) is 66.0 Å². The number of piperidine rings is 1. The van der Waals surface area contributed by atoms with Crippen LogP contribution in [0, 0.1) is 5.92 Å². The van der Waals surface area contributed by atoms with Crippen LogP contribution in [0.2, 0.25) is 0 Å². The van der Waals surface area contributed by atoms with E-state index in [1.807, 2.05) is 35.8 Å². The first-order chi connectivity index (χ1) is 13.9. The molecule has 7 nitrogen and oxygen atoms in total. The zero-order chi connectivity index (χ0) is 21.0. The maximum absolute atomic E-state index is 12.9. The van der Waals surface area contributed by atoms with Crippen molar-refractivity contribution < 1.29 is 14.3 Å². The van der Waals surface area contributed by atoms with Gasteiger partial charge in [0.2, 0.25) is 5.91 Å². The monoisotopic (exact) mass is 402 g/mol. The largest absolute Gasteiger partial charge is 0.372 e.